The predicted molar refractivity (Wildman–Crippen MR) is 65.5 cm³/mol. The van der Waals surface area contributed by atoms with Crippen molar-refractivity contribution in [3.63, 3.8) is 0 Å². The van der Waals surface area contributed by atoms with Crippen molar-refractivity contribution in [3.8, 4) is 0 Å². The van der Waals surface area contributed by atoms with Gasteiger partial charge in [-0.15, -0.1) is 0 Å². The zero-order chi connectivity index (χ0) is 12.4. The number of rotatable bonds is 2. The predicted octanol–water partition coefficient (Wildman–Crippen LogP) is 3.00. The van der Waals surface area contributed by atoms with E-state index in [4.69, 9.17) is 9.47 Å². The van der Waals surface area contributed by atoms with E-state index in [1.54, 1.807) is 0 Å². The minimum atomic E-state index is -0.628. The summed E-state index contributed by atoms with van der Waals surface area (Å²) in [6, 6.07) is 18.8. The van der Waals surface area contributed by atoms with Crippen molar-refractivity contribution in [1.82, 2.24) is 0 Å². The quantitative estimate of drug-likeness (QED) is 0.757. The van der Waals surface area contributed by atoms with Crippen LogP contribution in [0.4, 0.5) is 0 Å². The Kier molecular flexibility index (Phi) is 2.82. The van der Waals surface area contributed by atoms with Gasteiger partial charge in [0.25, 0.3) is 0 Å². The van der Waals surface area contributed by atoms with E-state index < -0.39 is 12.4 Å². The van der Waals surface area contributed by atoms with Crippen molar-refractivity contribution in [2.24, 2.45) is 0 Å². The molecule has 18 heavy (non-hydrogen) atoms. The molecule has 1 fully saturated rings. The van der Waals surface area contributed by atoms with Gasteiger partial charge in [0, 0.05) is 5.56 Å². The van der Waals surface area contributed by atoms with Crippen molar-refractivity contribution in [3.05, 3.63) is 71.8 Å². The number of hydrogen-bond donors (Lipinski definition) is 0. The summed E-state index contributed by atoms with van der Waals surface area (Å²) in [6.45, 7) is 0. The maximum absolute atomic E-state index is 11.8. The van der Waals surface area contributed by atoms with Gasteiger partial charge >= 0.3 is 5.97 Å². The Morgan fingerprint density at radius 2 is 1.33 bits per heavy atom. The zero-order valence-corrected chi connectivity index (χ0v) is 9.65. The van der Waals surface area contributed by atoms with Crippen molar-refractivity contribution >= 4 is 5.97 Å². The molecule has 0 aromatic heterocycles. The largest absolute Gasteiger partial charge is 0.429 e. The number of ether oxygens (including phenoxy) is 2. The fourth-order valence-corrected chi connectivity index (χ4v) is 1.97. The van der Waals surface area contributed by atoms with Crippen molar-refractivity contribution in [2.45, 2.75) is 12.4 Å². The maximum Gasteiger partial charge on any atom is 0.342 e. The van der Waals surface area contributed by atoms with E-state index in [1.165, 1.54) is 0 Å². The zero-order valence-electron chi connectivity index (χ0n) is 9.65. The van der Waals surface area contributed by atoms with Gasteiger partial charge in [-0.25, -0.2) is 4.79 Å². The molecule has 0 spiro atoms. The van der Waals surface area contributed by atoms with E-state index in [1.807, 2.05) is 60.7 Å². The molecule has 2 atom stereocenters. The highest BCUT2D eigenvalue weighted by Crippen LogP contribution is 2.35. The highest BCUT2D eigenvalue weighted by Gasteiger charge is 2.37. The van der Waals surface area contributed by atoms with Crippen LogP contribution in [0.15, 0.2) is 60.7 Å². The molecule has 1 heterocycles. The number of hydrogen-bond acceptors (Lipinski definition) is 3. The number of carbonyl (C=O) groups is 1. The lowest BCUT2D eigenvalue weighted by molar-refractivity contribution is -0.144. The third-order valence-electron chi connectivity index (χ3n) is 2.87. The van der Waals surface area contributed by atoms with Crippen LogP contribution in [0.5, 0.6) is 0 Å². The van der Waals surface area contributed by atoms with Gasteiger partial charge in [-0.1, -0.05) is 60.7 Å². The van der Waals surface area contributed by atoms with Crippen molar-refractivity contribution in [2.75, 3.05) is 0 Å². The smallest absolute Gasteiger partial charge is 0.342 e. The van der Waals surface area contributed by atoms with Gasteiger partial charge in [-0.05, 0) is 5.56 Å². The van der Waals surface area contributed by atoms with E-state index in [-0.39, 0.29) is 5.97 Å². The summed E-state index contributed by atoms with van der Waals surface area (Å²) in [7, 11) is 0. The lowest BCUT2D eigenvalue weighted by Crippen LogP contribution is -2.06. The SMILES string of the molecule is O=C1O[C@@H](c2ccccc2)O[C@H]1c1ccccc1. The Balaban J connectivity index is 1.83. The Morgan fingerprint density at radius 3 is 1.94 bits per heavy atom. The molecule has 0 saturated carbocycles. The normalized spacial score (nSPS) is 22.8. The summed E-state index contributed by atoms with van der Waals surface area (Å²) in [4.78, 5) is 11.8. The highest BCUT2D eigenvalue weighted by molar-refractivity contribution is 5.78. The molecule has 0 aliphatic carbocycles. The van der Waals surface area contributed by atoms with Crippen LogP contribution in [0.25, 0.3) is 0 Å². The van der Waals surface area contributed by atoms with Gasteiger partial charge in [0.2, 0.25) is 6.29 Å². The summed E-state index contributed by atoms with van der Waals surface area (Å²) < 4.78 is 10.9. The number of cyclic esters (lactones) is 1. The molecule has 3 heteroatoms. The Labute approximate surface area is 105 Å². The molecule has 1 saturated heterocycles. The van der Waals surface area contributed by atoms with Gasteiger partial charge in [-0.2, -0.15) is 0 Å². The Morgan fingerprint density at radius 1 is 0.778 bits per heavy atom. The molecule has 1 aliphatic rings. The average Bonchev–Trinajstić information content (AvgIpc) is 2.83. The first-order valence-electron chi connectivity index (χ1n) is 5.80. The van der Waals surface area contributed by atoms with Crippen molar-refractivity contribution < 1.29 is 14.3 Å². The first kappa shape index (κ1) is 11.0. The number of benzene rings is 2. The monoisotopic (exact) mass is 240 g/mol. The summed E-state index contributed by atoms with van der Waals surface area (Å²) >= 11 is 0. The second-order valence-electron chi connectivity index (χ2n) is 4.11. The molecule has 3 rings (SSSR count). The minimum Gasteiger partial charge on any atom is -0.429 e. The molecular formula is C15H12O3. The molecule has 0 unspecified atom stereocenters. The van der Waals surface area contributed by atoms with Gasteiger partial charge in [-0.3, -0.25) is 0 Å². The molecule has 0 N–H and O–H groups in total. The molecule has 3 nitrogen and oxygen atoms in total. The minimum absolute atomic E-state index is 0.338. The third kappa shape index (κ3) is 2.00. The fourth-order valence-electron chi connectivity index (χ4n) is 1.97. The Bertz CT molecular complexity index is 536. The van der Waals surface area contributed by atoms with E-state index in [9.17, 15) is 4.79 Å². The second-order valence-corrected chi connectivity index (χ2v) is 4.11. The lowest BCUT2D eigenvalue weighted by atomic mass is 10.1. The fraction of sp³-hybridized carbons (Fsp3) is 0.133. The first-order valence-corrected chi connectivity index (χ1v) is 5.80. The maximum atomic E-state index is 11.8. The summed E-state index contributed by atoms with van der Waals surface area (Å²) in [6.07, 6.45) is -1.24. The first-order chi connectivity index (χ1) is 8.84. The summed E-state index contributed by atoms with van der Waals surface area (Å²) in [5, 5.41) is 0. The molecule has 1 aliphatic heterocycles. The van der Waals surface area contributed by atoms with Crippen LogP contribution in [0.3, 0.4) is 0 Å². The molecule has 2 aromatic rings. The van der Waals surface area contributed by atoms with Crippen LogP contribution in [0, 0.1) is 0 Å². The Hall–Kier alpha value is -2.13. The van der Waals surface area contributed by atoms with Gasteiger partial charge in [0.1, 0.15) is 0 Å². The summed E-state index contributed by atoms with van der Waals surface area (Å²) in [5.41, 5.74) is 1.67. The van der Waals surface area contributed by atoms with Crippen LogP contribution >= 0.6 is 0 Å². The standard InChI is InChI=1S/C15H12O3/c16-14-13(11-7-3-1-4-8-11)17-15(18-14)12-9-5-2-6-10-12/h1-10,13,15H/t13-,15-/m0/s1. The molecule has 0 bridgehead atoms. The average molecular weight is 240 g/mol. The third-order valence-corrected chi connectivity index (χ3v) is 2.87. The van der Waals surface area contributed by atoms with Gasteiger partial charge in [0.15, 0.2) is 6.10 Å². The highest BCUT2D eigenvalue weighted by atomic mass is 16.8. The molecule has 90 valence electrons. The molecule has 0 amide bonds. The van der Waals surface area contributed by atoms with Crippen LogP contribution in [-0.2, 0) is 14.3 Å². The second kappa shape index (κ2) is 4.63. The molecular weight excluding hydrogens is 228 g/mol. The van der Waals surface area contributed by atoms with Crippen LogP contribution in [0.2, 0.25) is 0 Å². The van der Waals surface area contributed by atoms with Crippen molar-refractivity contribution in [1.29, 1.82) is 0 Å². The summed E-state index contributed by atoms with van der Waals surface area (Å²) in [5.74, 6) is -0.338. The number of carbonyl (C=O) groups excluding carboxylic acids is 1. The molecule has 2 aromatic carbocycles. The molecule has 0 radical (unpaired) electrons. The van der Waals surface area contributed by atoms with Crippen LogP contribution in [-0.4, -0.2) is 5.97 Å². The lowest BCUT2D eigenvalue weighted by Gasteiger charge is -2.09. The van der Waals surface area contributed by atoms with Gasteiger partial charge < -0.3 is 9.47 Å². The number of esters is 1. The van der Waals surface area contributed by atoms with E-state index in [2.05, 4.69) is 0 Å². The van der Waals surface area contributed by atoms with E-state index in [0.29, 0.717) is 0 Å². The topological polar surface area (TPSA) is 35.5 Å². The van der Waals surface area contributed by atoms with E-state index >= 15 is 0 Å². The van der Waals surface area contributed by atoms with Gasteiger partial charge in [0.05, 0.1) is 0 Å². The van der Waals surface area contributed by atoms with Crippen LogP contribution in [0.1, 0.15) is 23.5 Å². The van der Waals surface area contributed by atoms with E-state index in [0.717, 1.165) is 11.1 Å². The van der Waals surface area contributed by atoms with Crippen LogP contribution < -0.4 is 0 Å².